The molecule has 0 spiro atoms. The molecule has 1 fully saturated rings. The van der Waals surface area contributed by atoms with E-state index in [2.05, 4.69) is 47.1 Å². The SMILES string of the molecule is CCCCCCCc1ccc2c(c1)=C(NC1CCC(NC(=O)OC(C)(C)C)CC1)NC(Cl)C=2. The summed E-state index contributed by atoms with van der Waals surface area (Å²) in [5, 5.41) is 12.6. The smallest absolute Gasteiger partial charge is 0.407 e. The first-order valence-corrected chi connectivity index (χ1v) is 13.2. The minimum atomic E-state index is -0.469. The van der Waals surface area contributed by atoms with Gasteiger partial charge in [0.1, 0.15) is 16.9 Å². The van der Waals surface area contributed by atoms with Gasteiger partial charge >= 0.3 is 6.09 Å². The van der Waals surface area contributed by atoms with Crippen LogP contribution in [0.5, 0.6) is 0 Å². The lowest BCUT2D eigenvalue weighted by Crippen LogP contribution is -2.50. The van der Waals surface area contributed by atoms with Crippen molar-refractivity contribution in [2.45, 2.75) is 115 Å². The largest absolute Gasteiger partial charge is 0.444 e. The van der Waals surface area contributed by atoms with Gasteiger partial charge < -0.3 is 20.7 Å². The maximum atomic E-state index is 12.1. The van der Waals surface area contributed by atoms with Crippen molar-refractivity contribution in [2.24, 2.45) is 0 Å². The van der Waals surface area contributed by atoms with E-state index in [9.17, 15) is 4.79 Å². The summed E-state index contributed by atoms with van der Waals surface area (Å²) in [6.07, 6.45) is 13.2. The summed E-state index contributed by atoms with van der Waals surface area (Å²) in [4.78, 5) is 12.1. The van der Waals surface area contributed by atoms with Crippen LogP contribution in [0.25, 0.3) is 11.9 Å². The Labute approximate surface area is 204 Å². The molecule has 0 aromatic heterocycles. The Balaban J connectivity index is 1.59. The van der Waals surface area contributed by atoms with E-state index in [1.807, 2.05) is 20.8 Å². The van der Waals surface area contributed by atoms with Crippen molar-refractivity contribution < 1.29 is 9.53 Å². The molecule has 3 rings (SSSR count). The fraction of sp³-hybridized carbons (Fsp3) is 0.667. The number of fused-ring (bicyclic) bond motifs is 1. The van der Waals surface area contributed by atoms with Gasteiger partial charge in [0.15, 0.2) is 0 Å². The van der Waals surface area contributed by atoms with Crippen LogP contribution in [0.3, 0.4) is 0 Å². The van der Waals surface area contributed by atoms with E-state index in [1.165, 1.54) is 48.1 Å². The highest BCUT2D eigenvalue weighted by molar-refractivity contribution is 6.24. The fourth-order valence-electron chi connectivity index (χ4n) is 4.65. The number of rotatable bonds is 9. The maximum absolute atomic E-state index is 12.1. The van der Waals surface area contributed by atoms with Gasteiger partial charge in [-0.3, -0.25) is 0 Å². The van der Waals surface area contributed by atoms with Crippen LogP contribution in [0, 0.1) is 0 Å². The Bertz CT molecular complexity index is 901. The molecule has 1 aromatic rings. The average molecular weight is 476 g/mol. The Morgan fingerprint density at radius 2 is 1.79 bits per heavy atom. The zero-order valence-corrected chi connectivity index (χ0v) is 21.6. The minimum Gasteiger partial charge on any atom is -0.444 e. The number of alkyl halides is 1. The molecule has 1 saturated carbocycles. The van der Waals surface area contributed by atoms with E-state index in [4.69, 9.17) is 16.3 Å². The summed E-state index contributed by atoms with van der Waals surface area (Å²) in [7, 11) is 0. The molecule has 33 heavy (non-hydrogen) atoms. The molecular weight excluding hydrogens is 434 g/mol. The second-order valence-corrected chi connectivity index (χ2v) is 11.0. The van der Waals surface area contributed by atoms with Crippen LogP contribution in [0.2, 0.25) is 0 Å². The quantitative estimate of drug-likeness (QED) is 0.276. The second kappa shape index (κ2) is 12.0. The first-order chi connectivity index (χ1) is 15.7. The number of hydrogen-bond acceptors (Lipinski definition) is 4. The molecule has 0 radical (unpaired) electrons. The highest BCUT2D eigenvalue weighted by Crippen LogP contribution is 2.20. The summed E-state index contributed by atoms with van der Waals surface area (Å²) in [5.41, 5.74) is 0.700. The molecule has 1 amide bonds. The van der Waals surface area contributed by atoms with Crippen molar-refractivity contribution in [2.75, 3.05) is 0 Å². The van der Waals surface area contributed by atoms with Gasteiger partial charge in [0.2, 0.25) is 0 Å². The molecule has 2 aliphatic rings. The van der Waals surface area contributed by atoms with Gasteiger partial charge in [0, 0.05) is 17.3 Å². The molecule has 1 atom stereocenters. The predicted molar refractivity (Wildman–Crippen MR) is 137 cm³/mol. The maximum Gasteiger partial charge on any atom is 0.407 e. The number of alkyl carbamates (subject to hydrolysis) is 1. The molecule has 0 saturated heterocycles. The highest BCUT2D eigenvalue weighted by atomic mass is 35.5. The van der Waals surface area contributed by atoms with Gasteiger partial charge in [-0.1, -0.05) is 56.3 Å². The standard InChI is InChI=1S/C27H42ClN3O2/c1-5-6-7-8-9-10-19-11-12-20-18-24(28)31-25(23(20)17-19)29-21-13-15-22(16-14-21)30-26(32)33-27(2,3)4/h11-12,17-18,21-22,24,29,31H,5-10,13-16H2,1-4H3,(H,30,32). The summed E-state index contributed by atoms with van der Waals surface area (Å²) >= 11 is 6.47. The number of aryl methyl sites for hydroxylation is 1. The van der Waals surface area contributed by atoms with Gasteiger partial charge in [0.25, 0.3) is 0 Å². The van der Waals surface area contributed by atoms with E-state index in [-0.39, 0.29) is 17.6 Å². The predicted octanol–water partition coefficient (Wildman–Crippen LogP) is 4.64. The number of halogens is 1. The molecule has 3 N–H and O–H groups in total. The molecule has 5 nitrogen and oxygen atoms in total. The van der Waals surface area contributed by atoms with E-state index < -0.39 is 5.60 Å². The second-order valence-electron chi connectivity index (χ2n) is 10.5. The summed E-state index contributed by atoms with van der Waals surface area (Å²) < 4.78 is 5.40. The van der Waals surface area contributed by atoms with Gasteiger partial charge in [-0.2, -0.15) is 0 Å². The van der Waals surface area contributed by atoms with Crippen molar-refractivity contribution in [3.05, 3.63) is 34.2 Å². The molecule has 1 aliphatic heterocycles. The third kappa shape index (κ3) is 8.44. The van der Waals surface area contributed by atoms with Crippen molar-refractivity contribution in [1.82, 2.24) is 16.0 Å². The number of amides is 1. The lowest BCUT2D eigenvalue weighted by atomic mass is 9.91. The summed E-state index contributed by atoms with van der Waals surface area (Å²) in [6, 6.07) is 7.30. The van der Waals surface area contributed by atoms with Crippen LogP contribution < -0.4 is 26.4 Å². The van der Waals surface area contributed by atoms with Crippen LogP contribution in [0.15, 0.2) is 18.2 Å². The zero-order chi connectivity index (χ0) is 23.8. The Morgan fingerprint density at radius 3 is 2.48 bits per heavy atom. The van der Waals surface area contributed by atoms with Gasteiger partial charge in [-0.05, 0) is 82.2 Å². The van der Waals surface area contributed by atoms with Crippen molar-refractivity contribution in [3.63, 3.8) is 0 Å². The number of carbonyl (C=O) groups excluding carboxylic acids is 1. The molecule has 1 aromatic carbocycles. The third-order valence-electron chi connectivity index (χ3n) is 6.36. The molecule has 6 heteroatoms. The minimum absolute atomic E-state index is 0.169. The van der Waals surface area contributed by atoms with Crippen molar-refractivity contribution >= 4 is 29.6 Å². The summed E-state index contributed by atoms with van der Waals surface area (Å²) in [5.74, 6) is 1.03. The van der Waals surface area contributed by atoms with Crippen LogP contribution in [0.4, 0.5) is 4.79 Å². The first kappa shape index (κ1) is 25.7. The number of nitrogens with one attached hydrogen (secondary N) is 3. The van der Waals surface area contributed by atoms with Crippen LogP contribution in [-0.2, 0) is 11.2 Å². The van der Waals surface area contributed by atoms with Crippen LogP contribution in [-0.4, -0.2) is 29.3 Å². The Kier molecular flexibility index (Phi) is 9.37. The van der Waals surface area contributed by atoms with Crippen LogP contribution >= 0.6 is 11.6 Å². The molecule has 1 unspecified atom stereocenters. The Hall–Kier alpha value is -1.88. The van der Waals surface area contributed by atoms with Crippen molar-refractivity contribution in [3.8, 4) is 0 Å². The van der Waals surface area contributed by atoms with Crippen LogP contribution in [0.1, 0.15) is 91.0 Å². The fourth-order valence-corrected chi connectivity index (χ4v) is 4.89. The average Bonchev–Trinajstić information content (AvgIpc) is 2.74. The van der Waals surface area contributed by atoms with Crippen molar-refractivity contribution in [1.29, 1.82) is 0 Å². The normalized spacial score (nSPS) is 22.6. The number of hydrogen-bond donors (Lipinski definition) is 3. The van der Waals surface area contributed by atoms with E-state index in [0.29, 0.717) is 6.04 Å². The van der Waals surface area contributed by atoms with Gasteiger partial charge in [-0.15, -0.1) is 0 Å². The number of carbonyl (C=O) groups is 1. The molecular formula is C27H42ClN3O2. The number of benzene rings is 1. The monoisotopic (exact) mass is 475 g/mol. The topological polar surface area (TPSA) is 62.4 Å². The van der Waals surface area contributed by atoms with Gasteiger partial charge in [0.05, 0.1) is 0 Å². The number of unbranched alkanes of at least 4 members (excludes halogenated alkanes) is 4. The first-order valence-electron chi connectivity index (χ1n) is 12.8. The Morgan fingerprint density at radius 1 is 1.09 bits per heavy atom. The summed E-state index contributed by atoms with van der Waals surface area (Å²) in [6.45, 7) is 7.92. The molecule has 1 aliphatic carbocycles. The van der Waals surface area contributed by atoms with E-state index in [1.54, 1.807) is 0 Å². The number of ether oxygens (including phenoxy) is 1. The zero-order valence-electron chi connectivity index (χ0n) is 20.8. The molecule has 0 bridgehead atoms. The molecule has 1 heterocycles. The van der Waals surface area contributed by atoms with Gasteiger partial charge in [-0.25, -0.2) is 4.79 Å². The lowest BCUT2D eigenvalue weighted by Gasteiger charge is -2.32. The highest BCUT2D eigenvalue weighted by Gasteiger charge is 2.25. The lowest BCUT2D eigenvalue weighted by molar-refractivity contribution is 0.0490. The van der Waals surface area contributed by atoms with E-state index >= 15 is 0 Å². The third-order valence-corrected chi connectivity index (χ3v) is 6.60. The van der Waals surface area contributed by atoms with E-state index in [0.717, 1.165) is 37.9 Å². The molecule has 184 valence electrons.